The third-order valence-corrected chi connectivity index (χ3v) is 3.90. The van der Waals surface area contributed by atoms with Gasteiger partial charge in [0.2, 0.25) is 0 Å². The average Bonchev–Trinajstić information content (AvgIpc) is 2.57. The van der Waals surface area contributed by atoms with Crippen molar-refractivity contribution in [2.24, 2.45) is 4.99 Å². The zero-order valence-electron chi connectivity index (χ0n) is 20.1. The second kappa shape index (κ2) is 13.0. The Morgan fingerprint density at radius 2 is 1.81 bits per heavy atom. The number of hydrogen-bond acceptors (Lipinski definition) is 4. The van der Waals surface area contributed by atoms with E-state index >= 15 is 0 Å². The van der Waals surface area contributed by atoms with Crippen LogP contribution in [0.15, 0.2) is 23.2 Å². The van der Waals surface area contributed by atoms with Crippen LogP contribution in [-0.4, -0.2) is 55.3 Å². The lowest BCUT2D eigenvalue weighted by Crippen LogP contribution is -2.54. The summed E-state index contributed by atoms with van der Waals surface area (Å²) >= 11 is 0. The molecule has 0 saturated heterocycles. The van der Waals surface area contributed by atoms with Crippen LogP contribution < -0.4 is 16.0 Å². The van der Waals surface area contributed by atoms with Gasteiger partial charge in [-0.3, -0.25) is 0 Å². The number of nitrogens with one attached hydrogen (secondary N) is 3. The monoisotopic (exact) mass is 551 g/mol. The number of nitrogens with zero attached hydrogens (tertiary/aromatic N) is 2. The predicted molar refractivity (Wildman–Crippen MR) is 135 cm³/mol. The van der Waals surface area contributed by atoms with Crippen molar-refractivity contribution in [2.75, 3.05) is 27.2 Å². The van der Waals surface area contributed by atoms with Gasteiger partial charge in [0.05, 0.1) is 12.1 Å². The number of rotatable bonds is 8. The van der Waals surface area contributed by atoms with Gasteiger partial charge in [-0.25, -0.2) is 14.2 Å². The van der Waals surface area contributed by atoms with Crippen LogP contribution in [-0.2, 0) is 17.8 Å². The molecule has 0 aliphatic rings. The number of carbonyl (C=O) groups excluding carboxylic acids is 1. The van der Waals surface area contributed by atoms with Gasteiger partial charge in [-0.15, -0.1) is 24.0 Å². The van der Waals surface area contributed by atoms with Gasteiger partial charge < -0.3 is 25.6 Å². The maximum absolute atomic E-state index is 14.0. The van der Waals surface area contributed by atoms with Crippen molar-refractivity contribution >= 4 is 36.0 Å². The molecule has 7 nitrogen and oxygen atoms in total. The zero-order valence-corrected chi connectivity index (χ0v) is 22.4. The Morgan fingerprint density at radius 3 is 2.35 bits per heavy atom. The van der Waals surface area contributed by atoms with Crippen LogP contribution in [0.5, 0.6) is 0 Å². The van der Waals surface area contributed by atoms with E-state index in [-0.39, 0.29) is 29.8 Å². The zero-order chi connectivity index (χ0) is 22.9. The Balaban J connectivity index is 0.00000900. The van der Waals surface area contributed by atoms with Crippen molar-refractivity contribution in [1.29, 1.82) is 0 Å². The molecule has 31 heavy (non-hydrogen) atoms. The molecule has 0 heterocycles. The van der Waals surface area contributed by atoms with Gasteiger partial charge in [0, 0.05) is 25.2 Å². The van der Waals surface area contributed by atoms with Crippen LogP contribution in [0.2, 0.25) is 0 Å². The molecule has 0 radical (unpaired) electrons. The molecule has 0 aromatic heterocycles. The van der Waals surface area contributed by atoms with Crippen molar-refractivity contribution < 1.29 is 13.9 Å². The summed E-state index contributed by atoms with van der Waals surface area (Å²) in [5.74, 6) is 0.409. The summed E-state index contributed by atoms with van der Waals surface area (Å²) in [6.45, 7) is 13.4. The number of amides is 1. The largest absolute Gasteiger partial charge is 0.444 e. The van der Waals surface area contributed by atoms with Crippen molar-refractivity contribution in [2.45, 2.75) is 65.8 Å². The molecule has 0 unspecified atom stereocenters. The molecule has 1 aromatic carbocycles. The van der Waals surface area contributed by atoms with Crippen LogP contribution in [0.4, 0.5) is 9.18 Å². The summed E-state index contributed by atoms with van der Waals surface area (Å²) in [7, 11) is 3.81. The minimum absolute atomic E-state index is 0. The van der Waals surface area contributed by atoms with E-state index in [1.807, 2.05) is 66.6 Å². The molecule has 0 fully saturated rings. The lowest BCUT2D eigenvalue weighted by atomic mass is 10.1. The van der Waals surface area contributed by atoms with E-state index < -0.39 is 17.2 Å². The predicted octanol–water partition coefficient (Wildman–Crippen LogP) is 3.86. The van der Waals surface area contributed by atoms with E-state index in [2.05, 4.69) is 20.9 Å². The first-order valence-corrected chi connectivity index (χ1v) is 10.3. The van der Waals surface area contributed by atoms with Crippen LogP contribution in [0, 0.1) is 5.82 Å². The standard InChI is InChI=1S/C22H38FN5O2.HI/c1-9-24-19(26-15-22(5,6)27-20(29)30-21(2,3)4)25-13-16-10-11-18(23)17(12-16)14-28(7)8;/h10-12H,9,13-15H2,1-8H3,(H,27,29)(H2,24,25,26);1H. The molecule has 0 aliphatic carbocycles. The van der Waals surface area contributed by atoms with Crippen molar-refractivity contribution in [3.8, 4) is 0 Å². The van der Waals surface area contributed by atoms with Crippen LogP contribution in [0.25, 0.3) is 0 Å². The molecule has 0 atom stereocenters. The average molecular weight is 551 g/mol. The Kier molecular flexibility index (Phi) is 12.4. The fourth-order valence-corrected chi connectivity index (χ4v) is 2.63. The van der Waals surface area contributed by atoms with E-state index in [0.717, 1.165) is 5.56 Å². The number of ether oxygens (including phenoxy) is 1. The van der Waals surface area contributed by atoms with Gasteiger partial charge in [-0.05, 0) is 73.3 Å². The summed E-state index contributed by atoms with van der Waals surface area (Å²) in [6.07, 6.45) is -0.462. The Morgan fingerprint density at radius 1 is 1.16 bits per heavy atom. The number of alkyl carbamates (subject to hydrolysis) is 1. The molecule has 0 aliphatic heterocycles. The van der Waals surface area contributed by atoms with E-state index in [1.54, 1.807) is 6.07 Å². The number of carbonyl (C=O) groups is 1. The summed E-state index contributed by atoms with van der Waals surface area (Å²) < 4.78 is 19.3. The van der Waals surface area contributed by atoms with Crippen molar-refractivity contribution in [3.63, 3.8) is 0 Å². The maximum Gasteiger partial charge on any atom is 0.408 e. The van der Waals surface area contributed by atoms with Gasteiger partial charge in [0.25, 0.3) is 0 Å². The molecule has 9 heteroatoms. The highest BCUT2D eigenvalue weighted by Crippen LogP contribution is 2.13. The number of benzene rings is 1. The fourth-order valence-electron chi connectivity index (χ4n) is 2.63. The number of guanidine groups is 1. The maximum atomic E-state index is 14.0. The lowest BCUT2D eigenvalue weighted by molar-refractivity contribution is 0.0474. The summed E-state index contributed by atoms with van der Waals surface area (Å²) in [4.78, 5) is 18.6. The number of hydrogen-bond donors (Lipinski definition) is 3. The minimum Gasteiger partial charge on any atom is -0.444 e. The third-order valence-electron chi connectivity index (χ3n) is 3.90. The topological polar surface area (TPSA) is 78.0 Å². The highest BCUT2D eigenvalue weighted by atomic mass is 127. The van der Waals surface area contributed by atoms with Gasteiger partial charge in [0.1, 0.15) is 11.4 Å². The quantitative estimate of drug-likeness (QED) is 0.260. The summed E-state index contributed by atoms with van der Waals surface area (Å²) in [5, 5.41) is 9.29. The molecule has 178 valence electrons. The number of halogens is 2. The van der Waals surface area contributed by atoms with Gasteiger partial charge >= 0.3 is 6.09 Å². The van der Waals surface area contributed by atoms with Crippen LogP contribution >= 0.6 is 24.0 Å². The molecular formula is C22H39FIN5O2. The van der Waals surface area contributed by atoms with Gasteiger partial charge in [-0.2, -0.15) is 0 Å². The lowest BCUT2D eigenvalue weighted by Gasteiger charge is -2.29. The molecule has 1 rings (SSSR count). The fraction of sp³-hybridized carbons (Fsp3) is 0.636. The second-order valence-corrected chi connectivity index (χ2v) is 9.22. The molecule has 0 bridgehead atoms. The highest BCUT2D eigenvalue weighted by molar-refractivity contribution is 14.0. The summed E-state index contributed by atoms with van der Waals surface area (Å²) in [6, 6.07) is 5.07. The molecule has 0 saturated carbocycles. The molecular weight excluding hydrogens is 512 g/mol. The highest BCUT2D eigenvalue weighted by Gasteiger charge is 2.24. The van der Waals surface area contributed by atoms with Crippen molar-refractivity contribution in [3.05, 3.63) is 35.1 Å². The van der Waals surface area contributed by atoms with E-state index in [4.69, 9.17) is 4.74 Å². The second-order valence-electron chi connectivity index (χ2n) is 9.22. The third kappa shape index (κ3) is 12.7. The van der Waals surface area contributed by atoms with Crippen LogP contribution in [0.3, 0.4) is 0 Å². The first kappa shape index (κ1) is 29.4. The molecule has 1 amide bonds. The Labute approximate surface area is 203 Å². The molecule has 0 spiro atoms. The summed E-state index contributed by atoms with van der Waals surface area (Å²) in [5.41, 5.74) is 0.475. The smallest absolute Gasteiger partial charge is 0.408 e. The first-order chi connectivity index (χ1) is 13.8. The normalized spacial score (nSPS) is 12.3. The van der Waals surface area contributed by atoms with E-state index in [1.165, 1.54) is 6.07 Å². The Bertz CT molecular complexity index is 733. The first-order valence-electron chi connectivity index (χ1n) is 10.3. The van der Waals surface area contributed by atoms with Gasteiger partial charge in [0.15, 0.2) is 5.96 Å². The van der Waals surface area contributed by atoms with Crippen molar-refractivity contribution in [1.82, 2.24) is 20.9 Å². The van der Waals surface area contributed by atoms with E-state index in [9.17, 15) is 9.18 Å². The van der Waals surface area contributed by atoms with Crippen LogP contribution in [0.1, 0.15) is 52.7 Å². The molecule has 1 aromatic rings. The minimum atomic E-state index is -0.551. The van der Waals surface area contributed by atoms with Gasteiger partial charge in [-0.1, -0.05) is 6.07 Å². The Hall–Kier alpha value is -1.62. The number of aliphatic imine (C=N–C) groups is 1. The molecule has 3 N–H and O–H groups in total. The van der Waals surface area contributed by atoms with E-state index in [0.29, 0.717) is 37.7 Å². The SMILES string of the molecule is CCNC(=NCc1ccc(F)c(CN(C)C)c1)NCC(C)(C)NC(=O)OC(C)(C)C.I.